The first-order chi connectivity index (χ1) is 12.3. The summed E-state index contributed by atoms with van der Waals surface area (Å²) in [4.78, 5) is 28.0. The molecule has 0 unspecified atom stereocenters. The predicted octanol–water partition coefficient (Wildman–Crippen LogP) is 3.99. The smallest absolute Gasteiger partial charge is 0.213 e. The Kier molecular flexibility index (Phi) is 10.1. The van der Waals surface area contributed by atoms with Crippen LogP contribution in [-0.2, 0) is 4.79 Å². The second-order valence-electron chi connectivity index (χ2n) is 4.74. The van der Waals surface area contributed by atoms with Gasteiger partial charge >= 0.3 is 0 Å². The number of nitrogens with zero attached hydrogens (tertiary/aromatic N) is 4. The Hall–Kier alpha value is -1.20. The van der Waals surface area contributed by atoms with Gasteiger partial charge < -0.3 is 0 Å². The second-order valence-corrected chi connectivity index (χ2v) is 7.20. The van der Waals surface area contributed by atoms with E-state index < -0.39 is 0 Å². The van der Waals surface area contributed by atoms with E-state index >= 15 is 0 Å². The van der Waals surface area contributed by atoms with E-state index in [-0.39, 0.29) is 5.12 Å². The molecule has 10 heteroatoms. The van der Waals surface area contributed by atoms with Crippen LogP contribution in [0.5, 0.6) is 0 Å². The van der Waals surface area contributed by atoms with Gasteiger partial charge in [0, 0.05) is 40.2 Å². The zero-order valence-electron chi connectivity index (χ0n) is 13.9. The Labute approximate surface area is 179 Å². The maximum Gasteiger partial charge on any atom is 0.213 e. The van der Waals surface area contributed by atoms with E-state index in [0.29, 0.717) is 31.0 Å². The van der Waals surface area contributed by atoms with Crippen LogP contribution >= 0.6 is 62.7 Å². The molecule has 0 N–H and O–H groups in total. The lowest BCUT2D eigenvalue weighted by molar-refractivity contribution is -0.107. The van der Waals surface area contributed by atoms with Crippen molar-refractivity contribution in [2.45, 2.75) is 13.8 Å². The largest absolute Gasteiger partial charge is 0.282 e. The maximum absolute atomic E-state index is 10.9. The lowest BCUT2D eigenvalue weighted by Gasteiger charge is -2.02. The van der Waals surface area contributed by atoms with Crippen molar-refractivity contribution in [1.82, 2.24) is 19.9 Å². The standard InChI is InChI=1S/C8H8N2OS2.C8H8N2S3/c1-5(8(11)13)7(12)6-4-9-2-3-10-6;1-5(8(12)13)7(11)6-4-9-2-3-10-6/h2-4,12H,1H3,(H,11,13);2-4,11H,1H3,(H,12,13)/b2*7-5-. The lowest BCUT2D eigenvalue weighted by Crippen LogP contribution is -1.93. The number of hydrogen-bond donors (Lipinski definition) is 4. The molecule has 0 aliphatic heterocycles. The van der Waals surface area contributed by atoms with Crippen LogP contribution < -0.4 is 0 Å². The van der Waals surface area contributed by atoms with Crippen LogP contribution in [0.2, 0.25) is 0 Å². The minimum absolute atomic E-state index is 0.310. The fraction of sp³-hybridized carbons (Fsp3) is 0.125. The summed E-state index contributed by atoms with van der Waals surface area (Å²) in [6, 6.07) is 0. The zero-order chi connectivity index (χ0) is 19.7. The monoisotopic (exact) mass is 440 g/mol. The van der Waals surface area contributed by atoms with Gasteiger partial charge in [-0.1, -0.05) is 12.2 Å². The summed E-state index contributed by atoms with van der Waals surface area (Å²) < 4.78 is 0.524. The summed E-state index contributed by atoms with van der Waals surface area (Å²) in [6.07, 6.45) is 9.50. The molecule has 2 heterocycles. The van der Waals surface area contributed by atoms with Crippen molar-refractivity contribution >= 4 is 81.9 Å². The van der Waals surface area contributed by atoms with Crippen LogP contribution in [0.4, 0.5) is 0 Å². The SMILES string of the molecule is C/C(C(=O)S)=C(/S)c1cnccn1.C/C(C(=S)S)=C(/S)c1cnccn1. The molecule has 0 radical (unpaired) electrons. The molecule has 0 atom stereocenters. The Balaban J connectivity index is 0.000000260. The third kappa shape index (κ3) is 7.20. The molecule has 0 fully saturated rings. The number of aromatic nitrogens is 4. The van der Waals surface area contributed by atoms with Gasteiger partial charge in [0.15, 0.2) is 0 Å². The van der Waals surface area contributed by atoms with Gasteiger partial charge in [-0.05, 0) is 19.4 Å². The van der Waals surface area contributed by atoms with Crippen LogP contribution in [0.1, 0.15) is 25.2 Å². The van der Waals surface area contributed by atoms with Crippen molar-refractivity contribution in [3.63, 3.8) is 0 Å². The molecule has 2 aromatic heterocycles. The molecule has 0 saturated heterocycles. The van der Waals surface area contributed by atoms with E-state index in [1.54, 1.807) is 44.1 Å². The highest BCUT2D eigenvalue weighted by Gasteiger charge is 2.07. The summed E-state index contributed by atoms with van der Waals surface area (Å²) in [5, 5.41) is -0.310. The topological polar surface area (TPSA) is 68.6 Å². The molecule has 0 aliphatic carbocycles. The fourth-order valence-corrected chi connectivity index (χ4v) is 2.45. The molecule has 0 saturated carbocycles. The van der Waals surface area contributed by atoms with Gasteiger partial charge in [0.05, 0.1) is 28.0 Å². The van der Waals surface area contributed by atoms with Crippen molar-refractivity contribution in [3.8, 4) is 0 Å². The summed E-state index contributed by atoms with van der Waals surface area (Å²) in [7, 11) is 0. The molecule has 0 spiro atoms. The van der Waals surface area contributed by atoms with Gasteiger partial charge in [0.1, 0.15) is 0 Å². The van der Waals surface area contributed by atoms with E-state index in [2.05, 4.69) is 70.5 Å². The molecule has 0 bridgehead atoms. The summed E-state index contributed by atoms with van der Waals surface area (Å²) in [5.74, 6) is 0. The number of hydrogen-bond acceptors (Lipinski definition) is 8. The minimum Gasteiger partial charge on any atom is -0.282 e. The Morgan fingerprint density at radius 2 is 1.23 bits per heavy atom. The van der Waals surface area contributed by atoms with E-state index in [9.17, 15) is 4.79 Å². The van der Waals surface area contributed by atoms with Crippen LogP contribution in [0.15, 0.2) is 48.3 Å². The Morgan fingerprint density at radius 1 is 0.808 bits per heavy atom. The number of carbonyl (C=O) groups is 1. The van der Waals surface area contributed by atoms with Gasteiger partial charge in [-0.15, -0.1) is 50.5 Å². The highest BCUT2D eigenvalue weighted by atomic mass is 32.1. The average molecular weight is 441 g/mol. The van der Waals surface area contributed by atoms with Crippen molar-refractivity contribution in [2.75, 3.05) is 0 Å². The zero-order valence-corrected chi connectivity index (χ0v) is 18.3. The number of thiocarbonyl (C=S) groups is 1. The Bertz CT molecular complexity index is 767. The van der Waals surface area contributed by atoms with E-state index in [4.69, 9.17) is 12.2 Å². The van der Waals surface area contributed by atoms with Gasteiger partial charge in [-0.25, -0.2) is 0 Å². The molecule has 5 nitrogen and oxygen atoms in total. The van der Waals surface area contributed by atoms with Crippen LogP contribution in [0, 0.1) is 0 Å². The van der Waals surface area contributed by atoms with E-state index in [0.717, 1.165) is 5.57 Å². The van der Waals surface area contributed by atoms with Crippen molar-refractivity contribution in [1.29, 1.82) is 0 Å². The lowest BCUT2D eigenvalue weighted by atomic mass is 10.2. The first-order valence-electron chi connectivity index (χ1n) is 7.04. The average Bonchev–Trinajstić information content (AvgIpc) is 2.67. The molecule has 2 aromatic rings. The van der Waals surface area contributed by atoms with Gasteiger partial charge in [-0.3, -0.25) is 24.7 Å². The van der Waals surface area contributed by atoms with Gasteiger partial charge in [0.2, 0.25) is 5.12 Å². The number of thiol groups is 4. The molecular formula is C16H16N4OS5. The van der Waals surface area contributed by atoms with Crippen LogP contribution in [0.25, 0.3) is 9.81 Å². The van der Waals surface area contributed by atoms with E-state index in [1.807, 2.05) is 6.92 Å². The highest BCUT2D eigenvalue weighted by molar-refractivity contribution is 8.12. The normalized spacial score (nSPS) is 12.2. The van der Waals surface area contributed by atoms with E-state index in [1.165, 1.54) is 0 Å². The molecular weight excluding hydrogens is 425 g/mol. The van der Waals surface area contributed by atoms with Crippen LogP contribution in [-0.4, -0.2) is 29.2 Å². The third-order valence-corrected chi connectivity index (χ3v) is 5.07. The highest BCUT2D eigenvalue weighted by Crippen LogP contribution is 2.22. The Morgan fingerprint density at radius 3 is 1.54 bits per heavy atom. The summed E-state index contributed by atoms with van der Waals surface area (Å²) in [6.45, 7) is 3.50. The molecule has 0 amide bonds. The first kappa shape index (κ1) is 22.8. The maximum atomic E-state index is 10.9. The number of rotatable bonds is 4. The van der Waals surface area contributed by atoms with Gasteiger partial charge in [-0.2, -0.15) is 0 Å². The van der Waals surface area contributed by atoms with Crippen LogP contribution in [0.3, 0.4) is 0 Å². The molecule has 2 rings (SSSR count). The van der Waals surface area contributed by atoms with Crippen molar-refractivity contribution in [2.24, 2.45) is 0 Å². The molecule has 0 aliphatic rings. The van der Waals surface area contributed by atoms with Gasteiger partial charge in [0.25, 0.3) is 0 Å². The minimum atomic E-state index is -0.310. The quantitative estimate of drug-likeness (QED) is 0.327. The fourth-order valence-electron chi connectivity index (χ4n) is 1.43. The number of carbonyl (C=O) groups excluding carboxylic acids is 1. The summed E-state index contributed by atoms with van der Waals surface area (Å²) in [5.41, 5.74) is 2.58. The molecule has 0 aromatic carbocycles. The predicted molar refractivity (Wildman–Crippen MR) is 123 cm³/mol. The van der Waals surface area contributed by atoms with Crippen molar-refractivity contribution in [3.05, 3.63) is 59.7 Å². The first-order valence-corrected chi connectivity index (χ1v) is 9.24. The molecule has 26 heavy (non-hydrogen) atoms. The second kappa shape index (κ2) is 11.5. The third-order valence-electron chi connectivity index (χ3n) is 2.96. The van der Waals surface area contributed by atoms with Crippen molar-refractivity contribution < 1.29 is 4.79 Å². The summed E-state index contributed by atoms with van der Waals surface area (Å²) >= 11 is 21.1. The molecule has 136 valence electrons.